The van der Waals surface area contributed by atoms with Gasteiger partial charge in [0.2, 0.25) is 5.91 Å². The highest BCUT2D eigenvalue weighted by Gasteiger charge is 2.43. The first kappa shape index (κ1) is 19.5. The lowest BCUT2D eigenvalue weighted by Gasteiger charge is -2.39. The summed E-state index contributed by atoms with van der Waals surface area (Å²) >= 11 is 1.55. The SMILES string of the molecule is Cc1ccc(SCC(=O)N2CCC(C(=O)O)(c3ccccc3)CC2)c(C)c1. The molecule has 1 N–H and O–H groups in total. The maximum absolute atomic E-state index is 12.6. The summed E-state index contributed by atoms with van der Waals surface area (Å²) in [6.45, 7) is 5.07. The van der Waals surface area contributed by atoms with Crippen LogP contribution in [0.3, 0.4) is 0 Å². The molecule has 3 rings (SSSR count). The van der Waals surface area contributed by atoms with Crippen LogP contribution in [-0.4, -0.2) is 40.7 Å². The number of carbonyl (C=O) groups excluding carboxylic acids is 1. The van der Waals surface area contributed by atoms with Crippen LogP contribution in [0.1, 0.15) is 29.5 Å². The third-order valence-corrected chi connectivity index (χ3v) is 6.55. The molecular weight excluding hydrogens is 358 g/mol. The van der Waals surface area contributed by atoms with E-state index in [4.69, 9.17) is 0 Å². The molecule has 1 aliphatic heterocycles. The smallest absolute Gasteiger partial charge is 0.314 e. The molecule has 5 heteroatoms. The van der Waals surface area contributed by atoms with Gasteiger partial charge < -0.3 is 10.0 Å². The lowest BCUT2D eigenvalue weighted by atomic mass is 9.73. The van der Waals surface area contributed by atoms with Gasteiger partial charge in [-0.15, -0.1) is 11.8 Å². The van der Waals surface area contributed by atoms with Crippen molar-refractivity contribution in [3.05, 3.63) is 65.2 Å². The topological polar surface area (TPSA) is 57.6 Å². The van der Waals surface area contributed by atoms with Gasteiger partial charge in [-0.1, -0.05) is 48.0 Å². The fourth-order valence-electron chi connectivity index (χ4n) is 3.71. The van der Waals surface area contributed by atoms with Crippen LogP contribution >= 0.6 is 11.8 Å². The van der Waals surface area contributed by atoms with E-state index in [2.05, 4.69) is 32.0 Å². The van der Waals surface area contributed by atoms with Gasteiger partial charge >= 0.3 is 5.97 Å². The van der Waals surface area contributed by atoms with Crippen molar-refractivity contribution >= 4 is 23.6 Å². The number of thioether (sulfide) groups is 1. The van der Waals surface area contributed by atoms with Crippen LogP contribution in [-0.2, 0) is 15.0 Å². The van der Waals surface area contributed by atoms with E-state index in [0.29, 0.717) is 31.7 Å². The third-order valence-electron chi connectivity index (χ3n) is 5.39. The molecule has 1 heterocycles. The third kappa shape index (κ3) is 4.19. The number of aryl methyl sites for hydroxylation is 2. The highest BCUT2D eigenvalue weighted by Crippen LogP contribution is 2.36. The maximum atomic E-state index is 12.6. The molecule has 1 amide bonds. The van der Waals surface area contributed by atoms with Crippen molar-refractivity contribution in [2.24, 2.45) is 0 Å². The van der Waals surface area contributed by atoms with Crippen molar-refractivity contribution in [2.45, 2.75) is 37.0 Å². The summed E-state index contributed by atoms with van der Waals surface area (Å²) in [6.07, 6.45) is 0.901. The molecule has 1 aliphatic rings. The second-order valence-corrected chi connectivity index (χ2v) is 8.21. The molecule has 0 spiro atoms. The van der Waals surface area contributed by atoms with Gasteiger partial charge in [0, 0.05) is 18.0 Å². The molecule has 0 unspecified atom stereocenters. The summed E-state index contributed by atoms with van der Waals surface area (Å²) in [5.74, 6) is -0.340. The molecule has 1 saturated heterocycles. The van der Waals surface area contributed by atoms with Crippen LogP contribution in [0.4, 0.5) is 0 Å². The maximum Gasteiger partial charge on any atom is 0.314 e. The molecule has 0 aliphatic carbocycles. The number of benzene rings is 2. The molecule has 0 atom stereocenters. The van der Waals surface area contributed by atoms with Crippen LogP contribution in [0.5, 0.6) is 0 Å². The van der Waals surface area contributed by atoms with Crippen molar-refractivity contribution in [3.63, 3.8) is 0 Å². The van der Waals surface area contributed by atoms with Crippen LogP contribution < -0.4 is 0 Å². The summed E-state index contributed by atoms with van der Waals surface area (Å²) in [6, 6.07) is 15.6. The quantitative estimate of drug-likeness (QED) is 0.792. The highest BCUT2D eigenvalue weighted by molar-refractivity contribution is 8.00. The summed E-state index contributed by atoms with van der Waals surface area (Å²) in [4.78, 5) is 27.6. The lowest BCUT2D eigenvalue weighted by molar-refractivity contribution is -0.147. The number of carbonyl (C=O) groups is 2. The Balaban J connectivity index is 1.62. The summed E-state index contributed by atoms with van der Waals surface area (Å²) < 4.78 is 0. The molecule has 0 bridgehead atoms. The van der Waals surface area contributed by atoms with Crippen molar-refractivity contribution in [1.82, 2.24) is 4.90 Å². The fourth-order valence-corrected chi connectivity index (χ4v) is 4.63. The minimum Gasteiger partial charge on any atom is -0.481 e. The van der Waals surface area contributed by atoms with Gasteiger partial charge in [-0.2, -0.15) is 0 Å². The Morgan fingerprint density at radius 3 is 2.33 bits per heavy atom. The standard InChI is InChI=1S/C22H25NO3S/c1-16-8-9-19(17(2)14-16)27-15-20(24)23-12-10-22(11-13-23,21(25)26)18-6-4-3-5-7-18/h3-9,14H,10-13,15H2,1-2H3,(H,25,26). The van der Waals surface area contributed by atoms with E-state index >= 15 is 0 Å². The zero-order valence-corrected chi connectivity index (χ0v) is 16.6. The molecule has 4 nitrogen and oxygen atoms in total. The zero-order chi connectivity index (χ0) is 19.4. The Hall–Kier alpha value is -2.27. The predicted octanol–water partition coefficient (Wildman–Crippen LogP) is 4.04. The molecule has 1 fully saturated rings. The number of carboxylic acid groups (broad SMARTS) is 1. The van der Waals surface area contributed by atoms with Gasteiger partial charge in [-0.3, -0.25) is 9.59 Å². The van der Waals surface area contributed by atoms with E-state index < -0.39 is 11.4 Å². The van der Waals surface area contributed by atoms with E-state index in [1.165, 1.54) is 11.1 Å². The number of rotatable bonds is 5. The monoisotopic (exact) mass is 383 g/mol. The number of hydrogen-bond acceptors (Lipinski definition) is 3. The fraction of sp³-hybridized carbons (Fsp3) is 0.364. The van der Waals surface area contributed by atoms with Crippen LogP contribution in [0, 0.1) is 13.8 Å². The van der Waals surface area contributed by atoms with Gasteiger partial charge in [0.15, 0.2) is 0 Å². The van der Waals surface area contributed by atoms with Crippen molar-refractivity contribution < 1.29 is 14.7 Å². The first-order valence-corrected chi connectivity index (χ1v) is 10.2. The second-order valence-electron chi connectivity index (χ2n) is 7.19. The van der Waals surface area contributed by atoms with E-state index in [-0.39, 0.29) is 5.91 Å². The molecule has 0 saturated carbocycles. The summed E-state index contributed by atoms with van der Waals surface area (Å²) in [7, 11) is 0. The Kier molecular flexibility index (Phi) is 5.90. The van der Waals surface area contributed by atoms with Crippen molar-refractivity contribution in [2.75, 3.05) is 18.8 Å². The molecule has 27 heavy (non-hydrogen) atoms. The Morgan fingerprint density at radius 1 is 1.07 bits per heavy atom. The Bertz CT molecular complexity index is 827. The Morgan fingerprint density at radius 2 is 1.74 bits per heavy atom. The number of piperidine rings is 1. The minimum atomic E-state index is -0.890. The van der Waals surface area contributed by atoms with E-state index in [1.54, 1.807) is 16.7 Å². The summed E-state index contributed by atoms with van der Waals surface area (Å²) in [5.41, 5.74) is 2.33. The van der Waals surface area contributed by atoms with Gasteiger partial charge in [0.25, 0.3) is 0 Å². The summed E-state index contributed by atoms with van der Waals surface area (Å²) in [5, 5.41) is 9.86. The van der Waals surface area contributed by atoms with Gasteiger partial charge in [0.05, 0.1) is 11.2 Å². The number of amides is 1. The van der Waals surface area contributed by atoms with E-state index in [1.807, 2.05) is 30.3 Å². The van der Waals surface area contributed by atoms with Crippen LogP contribution in [0.15, 0.2) is 53.4 Å². The molecule has 0 radical (unpaired) electrons. The molecule has 142 valence electrons. The first-order valence-electron chi connectivity index (χ1n) is 9.19. The number of nitrogens with zero attached hydrogens (tertiary/aromatic N) is 1. The van der Waals surface area contributed by atoms with Crippen molar-refractivity contribution in [1.29, 1.82) is 0 Å². The van der Waals surface area contributed by atoms with E-state index in [0.717, 1.165) is 10.5 Å². The molecule has 2 aromatic carbocycles. The van der Waals surface area contributed by atoms with E-state index in [9.17, 15) is 14.7 Å². The molecular formula is C22H25NO3S. The lowest BCUT2D eigenvalue weighted by Crippen LogP contribution is -2.49. The molecule has 2 aromatic rings. The van der Waals surface area contributed by atoms with Crippen LogP contribution in [0.25, 0.3) is 0 Å². The van der Waals surface area contributed by atoms with Gasteiger partial charge in [-0.05, 0) is 43.9 Å². The second kappa shape index (κ2) is 8.17. The Labute approximate surface area is 164 Å². The number of carboxylic acids is 1. The average Bonchev–Trinajstić information content (AvgIpc) is 2.67. The van der Waals surface area contributed by atoms with Crippen LogP contribution in [0.2, 0.25) is 0 Å². The number of aliphatic carboxylic acids is 1. The molecule has 0 aromatic heterocycles. The average molecular weight is 384 g/mol. The number of likely N-dealkylation sites (tertiary alicyclic amines) is 1. The zero-order valence-electron chi connectivity index (χ0n) is 15.8. The van der Waals surface area contributed by atoms with Gasteiger partial charge in [-0.25, -0.2) is 0 Å². The highest BCUT2D eigenvalue weighted by atomic mass is 32.2. The first-order chi connectivity index (χ1) is 12.9. The largest absolute Gasteiger partial charge is 0.481 e. The normalized spacial score (nSPS) is 16.1. The van der Waals surface area contributed by atoms with Crippen molar-refractivity contribution in [3.8, 4) is 0 Å². The van der Waals surface area contributed by atoms with Gasteiger partial charge in [0.1, 0.15) is 0 Å². The minimum absolute atomic E-state index is 0.0759. The predicted molar refractivity (Wildman–Crippen MR) is 108 cm³/mol. The number of hydrogen-bond donors (Lipinski definition) is 1.